The molecule has 2 fully saturated rings. The van der Waals surface area contributed by atoms with Crippen molar-refractivity contribution in [3.63, 3.8) is 0 Å². The Kier molecular flexibility index (Phi) is 9.80. The molecular weight excluding hydrogens is 496 g/mol. The summed E-state index contributed by atoms with van der Waals surface area (Å²) < 4.78 is 13.5. The van der Waals surface area contributed by atoms with E-state index < -0.39 is 0 Å². The molecule has 0 aliphatic carbocycles. The van der Waals surface area contributed by atoms with E-state index in [1.54, 1.807) is 13.0 Å². The number of halogens is 2. The van der Waals surface area contributed by atoms with Crippen LogP contribution in [0.5, 0.6) is 0 Å². The van der Waals surface area contributed by atoms with E-state index in [-0.39, 0.29) is 41.7 Å². The fraction of sp³-hybridized carbons (Fsp3) is 0.636. The summed E-state index contributed by atoms with van der Waals surface area (Å²) in [5.41, 5.74) is 1.65. The molecule has 0 saturated carbocycles. The van der Waals surface area contributed by atoms with Gasteiger partial charge in [-0.25, -0.2) is 9.38 Å². The summed E-state index contributed by atoms with van der Waals surface area (Å²) in [6.45, 7) is 12.4. The smallest absolute Gasteiger partial charge is 0.239 e. The Labute approximate surface area is 196 Å². The highest BCUT2D eigenvalue weighted by molar-refractivity contribution is 14.0. The number of aryl methyl sites for hydroxylation is 1. The van der Waals surface area contributed by atoms with Crippen molar-refractivity contribution in [1.29, 1.82) is 0 Å². The molecule has 0 radical (unpaired) electrons. The standard InChI is InChI=1S/C22H34FN5O.HI/c1-4-24-22(25-16-19-7-8-20(23)17(2)15-19)28-13-11-26(12-14-28)18(3)21(29)27-9-5-6-10-27;/h7-8,15,18H,4-6,9-14,16H2,1-3H3,(H,24,25);1H. The molecule has 30 heavy (non-hydrogen) atoms. The summed E-state index contributed by atoms with van der Waals surface area (Å²) in [5.74, 6) is 0.967. The lowest BCUT2D eigenvalue weighted by Crippen LogP contribution is -2.57. The minimum atomic E-state index is -0.182. The van der Waals surface area contributed by atoms with Crippen LogP contribution < -0.4 is 5.32 Å². The maximum atomic E-state index is 13.5. The number of aliphatic imine (C=N–C) groups is 1. The molecular formula is C22H35FIN5O. The molecule has 1 atom stereocenters. The highest BCUT2D eigenvalue weighted by atomic mass is 127. The summed E-state index contributed by atoms with van der Waals surface area (Å²) in [4.78, 5) is 24.0. The molecule has 2 aliphatic rings. The van der Waals surface area contributed by atoms with Crippen molar-refractivity contribution < 1.29 is 9.18 Å². The van der Waals surface area contributed by atoms with Gasteiger partial charge < -0.3 is 15.1 Å². The Balaban J connectivity index is 0.00000320. The molecule has 0 bridgehead atoms. The first kappa shape index (κ1) is 24.8. The topological polar surface area (TPSA) is 51.2 Å². The van der Waals surface area contributed by atoms with E-state index in [0.29, 0.717) is 12.1 Å². The van der Waals surface area contributed by atoms with Crippen LogP contribution in [-0.2, 0) is 11.3 Å². The van der Waals surface area contributed by atoms with Gasteiger partial charge in [0.15, 0.2) is 5.96 Å². The van der Waals surface area contributed by atoms with Crippen molar-refractivity contribution in [1.82, 2.24) is 20.0 Å². The van der Waals surface area contributed by atoms with Crippen LogP contribution in [-0.4, -0.2) is 78.4 Å². The molecule has 0 aromatic heterocycles. The third-order valence-corrected chi connectivity index (χ3v) is 5.91. The van der Waals surface area contributed by atoms with Crippen LogP contribution in [0.3, 0.4) is 0 Å². The number of likely N-dealkylation sites (tertiary alicyclic amines) is 1. The second-order valence-corrected chi connectivity index (χ2v) is 7.99. The molecule has 3 rings (SSSR count). The van der Waals surface area contributed by atoms with Crippen LogP contribution in [0, 0.1) is 12.7 Å². The zero-order valence-electron chi connectivity index (χ0n) is 18.4. The van der Waals surface area contributed by atoms with Gasteiger partial charge in [0.2, 0.25) is 5.91 Å². The van der Waals surface area contributed by atoms with Gasteiger partial charge in [-0.2, -0.15) is 0 Å². The Morgan fingerprint density at radius 1 is 1.13 bits per heavy atom. The number of guanidine groups is 1. The number of carbonyl (C=O) groups is 1. The molecule has 6 nitrogen and oxygen atoms in total. The van der Waals surface area contributed by atoms with E-state index in [2.05, 4.69) is 22.0 Å². The predicted molar refractivity (Wildman–Crippen MR) is 130 cm³/mol. The minimum Gasteiger partial charge on any atom is -0.357 e. The summed E-state index contributed by atoms with van der Waals surface area (Å²) in [5, 5.41) is 3.37. The van der Waals surface area contributed by atoms with Gasteiger partial charge >= 0.3 is 0 Å². The third kappa shape index (κ3) is 6.29. The van der Waals surface area contributed by atoms with Crippen LogP contribution in [0.15, 0.2) is 23.2 Å². The molecule has 1 aromatic rings. The quantitative estimate of drug-likeness (QED) is 0.361. The summed E-state index contributed by atoms with van der Waals surface area (Å²) in [6.07, 6.45) is 2.25. The molecule has 2 aliphatic heterocycles. The van der Waals surface area contributed by atoms with Crippen molar-refractivity contribution in [2.24, 2.45) is 4.99 Å². The Bertz CT molecular complexity index is 730. The lowest BCUT2D eigenvalue weighted by molar-refractivity contribution is -0.135. The first-order valence-electron chi connectivity index (χ1n) is 10.8. The Morgan fingerprint density at radius 3 is 2.40 bits per heavy atom. The van der Waals surface area contributed by atoms with E-state index in [1.807, 2.05) is 17.9 Å². The zero-order valence-corrected chi connectivity index (χ0v) is 20.7. The largest absolute Gasteiger partial charge is 0.357 e. The van der Waals surface area contributed by atoms with Crippen molar-refractivity contribution >= 4 is 35.8 Å². The van der Waals surface area contributed by atoms with E-state index in [9.17, 15) is 9.18 Å². The molecule has 0 spiro atoms. The van der Waals surface area contributed by atoms with Gasteiger partial charge in [0.25, 0.3) is 0 Å². The van der Waals surface area contributed by atoms with Crippen LogP contribution in [0.1, 0.15) is 37.8 Å². The number of benzene rings is 1. The maximum absolute atomic E-state index is 13.5. The summed E-state index contributed by atoms with van der Waals surface area (Å²) in [6, 6.07) is 5.09. The van der Waals surface area contributed by atoms with Crippen molar-refractivity contribution in [2.75, 3.05) is 45.8 Å². The minimum absolute atomic E-state index is 0. The highest BCUT2D eigenvalue weighted by Crippen LogP contribution is 2.15. The first-order valence-corrected chi connectivity index (χ1v) is 10.8. The molecule has 1 aromatic carbocycles. The average Bonchev–Trinajstić information content (AvgIpc) is 3.27. The molecule has 2 saturated heterocycles. The lowest BCUT2D eigenvalue weighted by Gasteiger charge is -2.39. The molecule has 1 N–H and O–H groups in total. The van der Waals surface area contributed by atoms with Gasteiger partial charge in [-0.1, -0.05) is 12.1 Å². The lowest BCUT2D eigenvalue weighted by atomic mass is 10.1. The maximum Gasteiger partial charge on any atom is 0.239 e. The van der Waals surface area contributed by atoms with E-state index in [1.165, 1.54) is 6.07 Å². The van der Waals surface area contributed by atoms with Gasteiger partial charge in [-0.05, 0) is 50.8 Å². The van der Waals surface area contributed by atoms with Gasteiger partial charge in [0, 0.05) is 45.8 Å². The third-order valence-electron chi connectivity index (χ3n) is 5.91. The number of amides is 1. The SMILES string of the molecule is CCNC(=NCc1ccc(F)c(C)c1)N1CCN(C(C)C(=O)N2CCCC2)CC1.I. The van der Waals surface area contributed by atoms with E-state index >= 15 is 0 Å². The van der Waals surface area contributed by atoms with Crippen molar-refractivity contribution in [2.45, 2.75) is 46.2 Å². The zero-order chi connectivity index (χ0) is 20.8. The molecule has 8 heteroatoms. The van der Waals surface area contributed by atoms with Crippen LogP contribution in [0.25, 0.3) is 0 Å². The summed E-state index contributed by atoms with van der Waals surface area (Å²) >= 11 is 0. The Hall–Kier alpha value is -1.42. The first-order chi connectivity index (χ1) is 14.0. The normalized spacial score (nSPS) is 18.9. The summed E-state index contributed by atoms with van der Waals surface area (Å²) in [7, 11) is 0. The number of carbonyl (C=O) groups excluding carboxylic acids is 1. The molecule has 2 heterocycles. The van der Waals surface area contributed by atoms with Crippen molar-refractivity contribution in [3.8, 4) is 0 Å². The van der Waals surface area contributed by atoms with Gasteiger partial charge in [-0.15, -0.1) is 24.0 Å². The second kappa shape index (κ2) is 11.8. The molecule has 1 amide bonds. The number of rotatable bonds is 5. The number of hydrogen-bond acceptors (Lipinski definition) is 3. The predicted octanol–water partition coefficient (Wildman–Crippen LogP) is 2.85. The van der Waals surface area contributed by atoms with Gasteiger partial charge in [0.05, 0.1) is 12.6 Å². The van der Waals surface area contributed by atoms with Crippen molar-refractivity contribution in [3.05, 3.63) is 35.1 Å². The second-order valence-electron chi connectivity index (χ2n) is 7.99. The molecule has 168 valence electrons. The number of hydrogen-bond donors (Lipinski definition) is 1. The number of piperazine rings is 1. The van der Waals surface area contributed by atoms with Gasteiger partial charge in [0.1, 0.15) is 5.82 Å². The number of nitrogens with zero attached hydrogens (tertiary/aromatic N) is 4. The average molecular weight is 531 g/mol. The fourth-order valence-corrected chi connectivity index (χ4v) is 4.08. The van der Waals surface area contributed by atoms with Crippen LogP contribution in [0.4, 0.5) is 4.39 Å². The van der Waals surface area contributed by atoms with E-state index in [4.69, 9.17) is 4.99 Å². The van der Waals surface area contributed by atoms with Gasteiger partial charge in [-0.3, -0.25) is 9.69 Å². The highest BCUT2D eigenvalue weighted by Gasteiger charge is 2.30. The Morgan fingerprint density at radius 2 is 1.80 bits per heavy atom. The fourth-order valence-electron chi connectivity index (χ4n) is 4.08. The van der Waals surface area contributed by atoms with E-state index in [0.717, 1.165) is 70.2 Å². The monoisotopic (exact) mass is 531 g/mol. The van der Waals surface area contributed by atoms with Crippen LogP contribution in [0.2, 0.25) is 0 Å². The van der Waals surface area contributed by atoms with Crippen LogP contribution >= 0.6 is 24.0 Å². The molecule has 1 unspecified atom stereocenters. The number of nitrogens with one attached hydrogen (secondary N) is 1.